The maximum Gasteiger partial charge on any atom is 0.0791 e. The largest absolute Gasteiger partial charge is 0.0791 e. The van der Waals surface area contributed by atoms with E-state index in [2.05, 4.69) is 111 Å². The maximum absolute atomic E-state index is 2.57. The van der Waals surface area contributed by atoms with Crippen LogP contribution in [0.4, 0.5) is 0 Å². The van der Waals surface area contributed by atoms with E-state index in [4.69, 9.17) is 0 Å². The monoisotopic (exact) mass is 370 g/mol. The first kappa shape index (κ1) is 17.3. The second-order valence-electron chi connectivity index (χ2n) is 8.37. The topological polar surface area (TPSA) is 0 Å². The minimum Gasteiger partial charge on any atom is -0.0671 e. The lowest BCUT2D eigenvalue weighted by molar-refractivity contribution is 1.71. The van der Waals surface area contributed by atoms with Gasteiger partial charge in [-0.15, -0.1) is 0 Å². The Morgan fingerprint density at radius 1 is 0.423 bits per heavy atom. The van der Waals surface area contributed by atoms with E-state index in [0.717, 1.165) is 0 Å². The zero-order valence-electron chi connectivity index (χ0n) is 16.1. The summed E-state index contributed by atoms with van der Waals surface area (Å²) in [5, 5.41) is 8.59. The molecule has 4 aromatic rings. The molecule has 4 aromatic carbocycles. The molecule has 130 valence electrons. The van der Waals surface area contributed by atoms with Crippen LogP contribution in [0.25, 0.3) is 21.5 Å². The number of hydrogen-bond donors (Lipinski definition) is 0. The summed E-state index contributed by atoms with van der Waals surface area (Å²) in [5.41, 5.74) is 0. The molecule has 2 heteroatoms. The number of hydrogen-bond acceptors (Lipinski definition) is 0. The smallest absolute Gasteiger partial charge is 0.0671 e. The highest BCUT2D eigenvalue weighted by atomic mass is 29.3. The van der Waals surface area contributed by atoms with Crippen molar-refractivity contribution < 1.29 is 0 Å². The van der Waals surface area contributed by atoms with E-state index in [1.165, 1.54) is 21.5 Å². The molecule has 0 aliphatic rings. The van der Waals surface area contributed by atoms with Crippen molar-refractivity contribution in [2.45, 2.75) is 26.2 Å². The second kappa shape index (κ2) is 6.22. The highest BCUT2D eigenvalue weighted by Crippen LogP contribution is 2.23. The molecule has 0 radical (unpaired) electrons. The van der Waals surface area contributed by atoms with E-state index < -0.39 is 15.2 Å². The second-order valence-corrected chi connectivity index (χ2v) is 23.5. The van der Waals surface area contributed by atoms with E-state index >= 15 is 0 Å². The van der Waals surface area contributed by atoms with Gasteiger partial charge in [0.05, 0.1) is 15.2 Å². The van der Waals surface area contributed by atoms with Gasteiger partial charge in [0.25, 0.3) is 0 Å². The van der Waals surface area contributed by atoms with Gasteiger partial charge in [-0.2, -0.15) is 0 Å². The summed E-state index contributed by atoms with van der Waals surface area (Å²) in [6, 6.07) is 31.8. The Morgan fingerprint density at radius 2 is 0.769 bits per heavy atom. The van der Waals surface area contributed by atoms with Crippen LogP contribution in [0.15, 0.2) is 84.9 Å². The van der Waals surface area contributed by atoms with Crippen LogP contribution < -0.4 is 10.4 Å². The number of rotatable bonds is 3. The summed E-state index contributed by atoms with van der Waals surface area (Å²) in [4.78, 5) is 0. The summed E-state index contributed by atoms with van der Waals surface area (Å²) in [7, 11) is -3.23. The van der Waals surface area contributed by atoms with Crippen molar-refractivity contribution in [3.05, 3.63) is 84.9 Å². The average molecular weight is 371 g/mol. The number of benzene rings is 4. The van der Waals surface area contributed by atoms with Crippen LogP contribution in [0.5, 0.6) is 0 Å². The average Bonchev–Trinajstić information content (AvgIpc) is 2.67. The van der Waals surface area contributed by atoms with Crippen LogP contribution in [-0.2, 0) is 0 Å². The Kier molecular flexibility index (Phi) is 4.13. The van der Waals surface area contributed by atoms with Crippen molar-refractivity contribution in [3.8, 4) is 0 Å². The van der Waals surface area contributed by atoms with E-state index in [0.29, 0.717) is 0 Å². The van der Waals surface area contributed by atoms with E-state index in [-0.39, 0.29) is 0 Å². The predicted octanol–water partition coefficient (Wildman–Crippen LogP) is 5.60. The van der Waals surface area contributed by atoms with Crippen LogP contribution >= 0.6 is 0 Å². The summed E-state index contributed by atoms with van der Waals surface area (Å²) >= 11 is 0. The van der Waals surface area contributed by atoms with Crippen LogP contribution in [-0.4, -0.2) is 15.2 Å². The van der Waals surface area contributed by atoms with Gasteiger partial charge in [0.1, 0.15) is 0 Å². The SMILES string of the molecule is C[Si](C)(c1ccc2ccccc2c1)[Si](C)(C)c1ccc2ccccc2c1. The lowest BCUT2D eigenvalue weighted by Crippen LogP contribution is -2.69. The molecule has 0 aliphatic heterocycles. The Labute approximate surface area is 158 Å². The van der Waals surface area contributed by atoms with Gasteiger partial charge in [0, 0.05) is 0 Å². The fourth-order valence-corrected chi connectivity index (χ4v) is 12.6. The minimum absolute atomic E-state index is 1.34. The summed E-state index contributed by atoms with van der Waals surface area (Å²) in [6.07, 6.45) is 0. The summed E-state index contributed by atoms with van der Waals surface area (Å²) in [5.74, 6) is 0. The molecule has 0 nitrogen and oxygen atoms in total. The van der Waals surface area contributed by atoms with Crippen molar-refractivity contribution >= 4 is 47.1 Å². The summed E-state index contributed by atoms with van der Waals surface area (Å²) in [6.45, 7) is 10.3. The quantitative estimate of drug-likeness (QED) is 0.412. The van der Waals surface area contributed by atoms with Gasteiger partial charge in [-0.05, 0) is 21.5 Å². The Hall–Kier alpha value is -2.17. The molecule has 0 bridgehead atoms. The lowest BCUT2D eigenvalue weighted by Gasteiger charge is -2.39. The predicted molar refractivity (Wildman–Crippen MR) is 122 cm³/mol. The molecule has 0 N–H and O–H groups in total. The molecule has 0 unspecified atom stereocenters. The maximum atomic E-state index is 2.57. The fourth-order valence-electron chi connectivity index (χ4n) is 3.88. The third-order valence-corrected chi connectivity index (χ3v) is 24.2. The highest BCUT2D eigenvalue weighted by molar-refractivity contribution is 7.50. The molecule has 0 fully saturated rings. The van der Waals surface area contributed by atoms with Crippen molar-refractivity contribution in [1.82, 2.24) is 0 Å². The molecule has 26 heavy (non-hydrogen) atoms. The number of fused-ring (bicyclic) bond motifs is 2. The first-order valence-corrected chi connectivity index (χ1v) is 16.4. The zero-order valence-corrected chi connectivity index (χ0v) is 18.1. The molecule has 0 atom stereocenters. The molecule has 0 saturated carbocycles. The van der Waals surface area contributed by atoms with Gasteiger partial charge in [0.2, 0.25) is 0 Å². The van der Waals surface area contributed by atoms with E-state index in [1.807, 2.05) is 0 Å². The molecule has 0 spiro atoms. The molecule has 0 amide bonds. The van der Waals surface area contributed by atoms with Crippen molar-refractivity contribution in [1.29, 1.82) is 0 Å². The van der Waals surface area contributed by atoms with Crippen molar-refractivity contribution in [2.75, 3.05) is 0 Å². The highest BCUT2D eigenvalue weighted by Gasteiger charge is 2.43. The Morgan fingerprint density at radius 3 is 1.15 bits per heavy atom. The molecular formula is C24H26Si2. The Bertz CT molecular complexity index is 1000. The zero-order chi connectivity index (χ0) is 18.4. The molecular weight excluding hydrogens is 344 g/mol. The van der Waals surface area contributed by atoms with Gasteiger partial charge in [-0.3, -0.25) is 0 Å². The van der Waals surface area contributed by atoms with Gasteiger partial charge in [0.15, 0.2) is 0 Å². The van der Waals surface area contributed by atoms with E-state index in [9.17, 15) is 0 Å². The standard InChI is InChI=1S/C24H26Si2/c1-25(2,23-15-13-19-9-5-7-11-21(19)17-23)26(3,4)24-16-14-20-10-6-8-12-22(20)18-24/h5-18H,1-4H3. The molecule has 0 aromatic heterocycles. The van der Waals surface area contributed by atoms with Crippen molar-refractivity contribution in [3.63, 3.8) is 0 Å². The Balaban J connectivity index is 1.82. The summed E-state index contributed by atoms with van der Waals surface area (Å²) < 4.78 is 0. The first-order chi connectivity index (χ1) is 12.4. The van der Waals surface area contributed by atoms with Crippen LogP contribution in [0.1, 0.15) is 0 Å². The van der Waals surface area contributed by atoms with Gasteiger partial charge >= 0.3 is 0 Å². The fraction of sp³-hybridized carbons (Fsp3) is 0.167. The van der Waals surface area contributed by atoms with Crippen LogP contribution in [0.2, 0.25) is 26.2 Å². The van der Waals surface area contributed by atoms with Crippen molar-refractivity contribution in [2.24, 2.45) is 0 Å². The van der Waals surface area contributed by atoms with Crippen LogP contribution in [0, 0.1) is 0 Å². The van der Waals surface area contributed by atoms with Crippen LogP contribution in [0.3, 0.4) is 0 Å². The third-order valence-electron chi connectivity index (χ3n) is 6.50. The first-order valence-electron chi connectivity index (χ1n) is 9.38. The normalized spacial score (nSPS) is 12.6. The lowest BCUT2D eigenvalue weighted by atomic mass is 10.1. The third kappa shape index (κ3) is 2.74. The molecule has 0 aliphatic carbocycles. The molecule has 4 rings (SSSR count). The van der Waals surface area contributed by atoms with Gasteiger partial charge < -0.3 is 0 Å². The van der Waals surface area contributed by atoms with E-state index in [1.54, 1.807) is 10.4 Å². The molecule has 0 saturated heterocycles. The van der Waals surface area contributed by atoms with Gasteiger partial charge in [-0.25, -0.2) is 0 Å². The molecule has 0 heterocycles. The van der Waals surface area contributed by atoms with Gasteiger partial charge in [-0.1, -0.05) is 121 Å². The minimum atomic E-state index is -1.61.